The molecule has 2 aromatic rings. The quantitative estimate of drug-likeness (QED) is 0.770. The fourth-order valence-electron chi connectivity index (χ4n) is 3.55. The molecule has 3 rings (SSSR count). The normalized spacial score (nSPS) is 14.2. The highest BCUT2D eigenvalue weighted by Crippen LogP contribution is 2.27. The monoisotopic (exact) mass is 398 g/mol. The molecule has 7 nitrogen and oxygen atoms in total. The maximum Gasteiger partial charge on any atom is 0.272 e. The number of anilines is 1. The summed E-state index contributed by atoms with van der Waals surface area (Å²) in [6, 6.07) is 7.64. The molecular formula is C22H30N4O3. The molecule has 1 N–H and O–H groups in total. The van der Waals surface area contributed by atoms with Crippen molar-refractivity contribution in [2.24, 2.45) is 0 Å². The summed E-state index contributed by atoms with van der Waals surface area (Å²) in [5.41, 5.74) is 2.36. The summed E-state index contributed by atoms with van der Waals surface area (Å²) in [5.74, 6) is 1.91. The number of likely N-dealkylation sites (tertiary alicyclic amines) is 1. The predicted molar refractivity (Wildman–Crippen MR) is 113 cm³/mol. The highest BCUT2D eigenvalue weighted by molar-refractivity contribution is 5.92. The van der Waals surface area contributed by atoms with Gasteiger partial charge in [0.15, 0.2) is 11.5 Å². The number of carbonyl (C=O) groups excluding carboxylic acids is 1. The van der Waals surface area contributed by atoms with Crippen molar-refractivity contribution in [2.75, 3.05) is 39.2 Å². The van der Waals surface area contributed by atoms with Crippen LogP contribution in [0.3, 0.4) is 0 Å². The van der Waals surface area contributed by atoms with Crippen molar-refractivity contribution in [3.05, 3.63) is 41.2 Å². The molecule has 0 atom stereocenters. The molecule has 1 aromatic heterocycles. The van der Waals surface area contributed by atoms with Crippen molar-refractivity contribution in [1.29, 1.82) is 0 Å². The molecule has 1 aromatic carbocycles. The van der Waals surface area contributed by atoms with Crippen LogP contribution in [0.15, 0.2) is 24.3 Å². The molecule has 1 aliphatic heterocycles. The van der Waals surface area contributed by atoms with Crippen LogP contribution in [0.4, 0.5) is 5.95 Å². The summed E-state index contributed by atoms with van der Waals surface area (Å²) < 4.78 is 10.6. The number of nitrogens with one attached hydrogen (secondary N) is 1. The van der Waals surface area contributed by atoms with Crippen LogP contribution in [0, 0.1) is 6.92 Å². The molecule has 0 aliphatic carbocycles. The third-order valence-corrected chi connectivity index (χ3v) is 5.11. The smallest absolute Gasteiger partial charge is 0.272 e. The Balaban J connectivity index is 1.63. The maximum absolute atomic E-state index is 12.9. The molecule has 1 aliphatic rings. The number of hydrogen-bond donors (Lipinski definition) is 1. The molecule has 1 saturated heterocycles. The first-order valence-electron chi connectivity index (χ1n) is 10.2. The average Bonchev–Trinajstić information content (AvgIpc) is 3.02. The van der Waals surface area contributed by atoms with Crippen LogP contribution in [-0.4, -0.2) is 54.6 Å². The lowest BCUT2D eigenvalue weighted by Gasteiger charge is -2.20. The first kappa shape index (κ1) is 20.9. The minimum Gasteiger partial charge on any atom is -0.493 e. The van der Waals surface area contributed by atoms with E-state index in [1.54, 1.807) is 20.3 Å². The predicted octanol–water partition coefficient (Wildman–Crippen LogP) is 3.47. The van der Waals surface area contributed by atoms with Crippen LogP contribution >= 0.6 is 0 Å². The first-order chi connectivity index (χ1) is 14.1. The van der Waals surface area contributed by atoms with Crippen LogP contribution in [0.25, 0.3) is 0 Å². The minimum atomic E-state index is 0.000316. The van der Waals surface area contributed by atoms with Gasteiger partial charge in [-0.1, -0.05) is 18.9 Å². The summed E-state index contributed by atoms with van der Waals surface area (Å²) >= 11 is 0. The molecule has 156 valence electrons. The van der Waals surface area contributed by atoms with E-state index in [9.17, 15) is 4.79 Å². The SMILES string of the molecule is COc1ccc(CCNc2nc(C)cc(C(=O)N3CCCCCC3)n2)cc1OC. The van der Waals surface area contributed by atoms with Gasteiger partial charge in [-0.3, -0.25) is 4.79 Å². The Labute approximate surface area is 172 Å². The molecule has 0 saturated carbocycles. The number of aryl methyl sites for hydroxylation is 1. The van der Waals surface area contributed by atoms with E-state index in [0.717, 1.165) is 43.6 Å². The second-order valence-corrected chi connectivity index (χ2v) is 7.29. The van der Waals surface area contributed by atoms with Gasteiger partial charge in [0.05, 0.1) is 14.2 Å². The van der Waals surface area contributed by atoms with E-state index in [-0.39, 0.29) is 5.91 Å². The molecule has 29 heavy (non-hydrogen) atoms. The zero-order valence-electron chi connectivity index (χ0n) is 17.5. The summed E-state index contributed by atoms with van der Waals surface area (Å²) in [4.78, 5) is 23.7. The third kappa shape index (κ3) is 5.59. The molecule has 0 unspecified atom stereocenters. The summed E-state index contributed by atoms with van der Waals surface area (Å²) in [5, 5.41) is 3.25. The Bertz CT molecular complexity index is 833. The lowest BCUT2D eigenvalue weighted by molar-refractivity contribution is 0.0755. The van der Waals surface area contributed by atoms with Gasteiger partial charge < -0.3 is 19.7 Å². The van der Waals surface area contributed by atoms with Gasteiger partial charge in [-0.2, -0.15) is 0 Å². The van der Waals surface area contributed by atoms with Crippen molar-refractivity contribution < 1.29 is 14.3 Å². The Kier molecular flexibility index (Phi) is 7.27. The van der Waals surface area contributed by atoms with Crippen LogP contribution in [0.1, 0.15) is 47.4 Å². The Hall–Kier alpha value is -2.83. The average molecular weight is 399 g/mol. The molecule has 0 spiro atoms. The second kappa shape index (κ2) is 10.1. The van der Waals surface area contributed by atoms with Crippen molar-refractivity contribution >= 4 is 11.9 Å². The fraction of sp³-hybridized carbons (Fsp3) is 0.500. The molecule has 0 radical (unpaired) electrons. The van der Waals surface area contributed by atoms with E-state index < -0.39 is 0 Å². The maximum atomic E-state index is 12.9. The largest absolute Gasteiger partial charge is 0.493 e. The number of rotatable bonds is 7. The Morgan fingerprint density at radius 3 is 2.45 bits per heavy atom. The summed E-state index contributed by atoms with van der Waals surface area (Å²) in [6.45, 7) is 4.16. The van der Waals surface area contributed by atoms with Gasteiger partial charge in [-0.05, 0) is 49.9 Å². The minimum absolute atomic E-state index is 0.000316. The van der Waals surface area contributed by atoms with Gasteiger partial charge >= 0.3 is 0 Å². The van der Waals surface area contributed by atoms with Crippen molar-refractivity contribution in [1.82, 2.24) is 14.9 Å². The number of carbonyl (C=O) groups is 1. The molecule has 2 heterocycles. The number of amides is 1. The van der Waals surface area contributed by atoms with Crippen LogP contribution in [0.2, 0.25) is 0 Å². The van der Waals surface area contributed by atoms with Crippen LogP contribution in [-0.2, 0) is 6.42 Å². The number of ether oxygens (including phenoxy) is 2. The second-order valence-electron chi connectivity index (χ2n) is 7.29. The Morgan fingerprint density at radius 2 is 1.76 bits per heavy atom. The summed E-state index contributed by atoms with van der Waals surface area (Å²) in [6.07, 6.45) is 5.27. The van der Waals surface area contributed by atoms with Crippen LogP contribution in [0.5, 0.6) is 11.5 Å². The van der Waals surface area contributed by atoms with Gasteiger partial charge in [-0.15, -0.1) is 0 Å². The van der Waals surface area contributed by atoms with E-state index in [0.29, 0.717) is 29.7 Å². The number of nitrogens with zero attached hydrogens (tertiary/aromatic N) is 3. The van der Waals surface area contributed by atoms with E-state index in [1.807, 2.05) is 30.0 Å². The zero-order valence-corrected chi connectivity index (χ0v) is 17.5. The van der Waals surface area contributed by atoms with Crippen LogP contribution < -0.4 is 14.8 Å². The molecule has 7 heteroatoms. The lowest BCUT2D eigenvalue weighted by Crippen LogP contribution is -2.32. The number of methoxy groups -OCH3 is 2. The van der Waals surface area contributed by atoms with Gasteiger partial charge in [0.2, 0.25) is 5.95 Å². The standard InChI is InChI=1S/C22H30N4O3/c1-16-14-18(21(27)26-12-6-4-5-7-13-26)25-22(24-16)23-11-10-17-8-9-19(28-2)20(15-17)29-3/h8-9,14-15H,4-7,10-13H2,1-3H3,(H,23,24,25). The number of benzene rings is 1. The molecular weight excluding hydrogens is 368 g/mol. The van der Waals surface area contributed by atoms with E-state index >= 15 is 0 Å². The third-order valence-electron chi connectivity index (χ3n) is 5.11. The lowest BCUT2D eigenvalue weighted by atomic mass is 10.1. The first-order valence-corrected chi connectivity index (χ1v) is 10.2. The van der Waals surface area contributed by atoms with Gasteiger partial charge in [0.25, 0.3) is 5.91 Å². The van der Waals surface area contributed by atoms with Gasteiger partial charge in [0.1, 0.15) is 5.69 Å². The van der Waals surface area contributed by atoms with Crippen molar-refractivity contribution in [3.63, 3.8) is 0 Å². The zero-order chi connectivity index (χ0) is 20.6. The Morgan fingerprint density at radius 1 is 1.03 bits per heavy atom. The van der Waals surface area contributed by atoms with E-state index in [4.69, 9.17) is 9.47 Å². The highest BCUT2D eigenvalue weighted by Gasteiger charge is 2.19. The van der Waals surface area contributed by atoms with Crippen molar-refractivity contribution in [3.8, 4) is 11.5 Å². The number of aromatic nitrogens is 2. The van der Waals surface area contributed by atoms with E-state index in [2.05, 4.69) is 15.3 Å². The molecule has 1 amide bonds. The highest BCUT2D eigenvalue weighted by atomic mass is 16.5. The number of hydrogen-bond acceptors (Lipinski definition) is 6. The molecule has 0 bridgehead atoms. The summed E-state index contributed by atoms with van der Waals surface area (Å²) in [7, 11) is 3.25. The topological polar surface area (TPSA) is 76.6 Å². The van der Waals surface area contributed by atoms with Gasteiger partial charge in [-0.25, -0.2) is 9.97 Å². The van der Waals surface area contributed by atoms with E-state index in [1.165, 1.54) is 12.8 Å². The van der Waals surface area contributed by atoms with Gasteiger partial charge in [0, 0.05) is 25.3 Å². The fourth-order valence-corrected chi connectivity index (χ4v) is 3.55. The van der Waals surface area contributed by atoms with Crippen molar-refractivity contribution in [2.45, 2.75) is 39.0 Å². The molecule has 1 fully saturated rings.